The van der Waals surface area contributed by atoms with Gasteiger partial charge >= 0.3 is 0 Å². The van der Waals surface area contributed by atoms with Gasteiger partial charge in [-0.25, -0.2) is 0 Å². The Balaban J connectivity index is 1.16. The molecule has 4 saturated carbocycles. The first-order chi connectivity index (χ1) is 17.9. The molecule has 2 heteroatoms. The van der Waals surface area contributed by atoms with Crippen LogP contribution in [0.5, 0.6) is 0 Å². The summed E-state index contributed by atoms with van der Waals surface area (Å²) in [6, 6.07) is 0. The van der Waals surface area contributed by atoms with Gasteiger partial charge in [0.1, 0.15) is 0 Å². The molecule has 5 aliphatic carbocycles. The van der Waals surface area contributed by atoms with Gasteiger partial charge in [0, 0.05) is 11.7 Å². The molecule has 0 bridgehead atoms. The van der Waals surface area contributed by atoms with Gasteiger partial charge in [0.2, 0.25) is 0 Å². The minimum absolute atomic E-state index is 0.422. The molecule has 0 aromatic rings. The Morgan fingerprint density at radius 1 is 0.892 bits per heavy atom. The molecule has 37 heavy (non-hydrogen) atoms. The molecule has 5 rings (SSSR count). The first kappa shape index (κ1) is 28.3. The van der Waals surface area contributed by atoms with Gasteiger partial charge in [-0.05, 0) is 111 Å². The maximum Gasteiger partial charge on any atom is 0.189 e. The SMILES string of the molecule is CCCCCCCC[C@@H]1CC[C@@H]2[C@@H]3CC=C4C[C@@H](SC(=O)CC5CCCCC5)CC[C@]4(C)[C@H]3CC[C@]12C. The zero-order valence-electron chi connectivity index (χ0n) is 24.7. The van der Waals surface area contributed by atoms with E-state index < -0.39 is 0 Å². The summed E-state index contributed by atoms with van der Waals surface area (Å²) >= 11 is 1.75. The van der Waals surface area contributed by atoms with E-state index in [-0.39, 0.29) is 0 Å². The smallest absolute Gasteiger partial charge is 0.189 e. The zero-order valence-corrected chi connectivity index (χ0v) is 25.5. The Hall–Kier alpha value is -0.240. The van der Waals surface area contributed by atoms with Crippen LogP contribution in [0.3, 0.4) is 0 Å². The van der Waals surface area contributed by atoms with Crippen LogP contribution in [0.4, 0.5) is 0 Å². The lowest BCUT2D eigenvalue weighted by atomic mass is 9.47. The van der Waals surface area contributed by atoms with Crippen molar-refractivity contribution in [3.05, 3.63) is 11.6 Å². The van der Waals surface area contributed by atoms with E-state index in [9.17, 15) is 4.79 Å². The van der Waals surface area contributed by atoms with E-state index >= 15 is 0 Å². The van der Waals surface area contributed by atoms with Crippen LogP contribution in [0, 0.1) is 40.4 Å². The van der Waals surface area contributed by atoms with Gasteiger partial charge in [0.05, 0.1) is 0 Å². The van der Waals surface area contributed by atoms with Gasteiger partial charge in [-0.3, -0.25) is 4.79 Å². The predicted octanol–water partition coefficient (Wildman–Crippen LogP) is 10.9. The van der Waals surface area contributed by atoms with E-state index in [1.807, 2.05) is 0 Å². The van der Waals surface area contributed by atoms with Crippen molar-refractivity contribution in [1.82, 2.24) is 0 Å². The number of hydrogen-bond acceptors (Lipinski definition) is 2. The van der Waals surface area contributed by atoms with Gasteiger partial charge < -0.3 is 0 Å². The quantitative estimate of drug-likeness (QED) is 0.208. The van der Waals surface area contributed by atoms with Gasteiger partial charge in [0.25, 0.3) is 0 Å². The van der Waals surface area contributed by atoms with Gasteiger partial charge in [-0.2, -0.15) is 0 Å². The molecule has 0 aromatic heterocycles. The Morgan fingerprint density at radius 3 is 2.49 bits per heavy atom. The fourth-order valence-corrected chi connectivity index (χ4v) is 11.5. The standard InChI is InChI=1S/C35H58OS/c1-4-5-6-7-8-12-15-27-17-19-31-30-18-16-28-25-29(37-33(36)24-26-13-10-9-11-14-26)20-22-35(28,3)32(30)21-23-34(27,31)2/h16,26-27,29-32H,4-15,17-25H2,1-3H3/t27-,29+,30+,31-,32+,34-,35+/m1/s1. The second-order valence-electron chi connectivity index (χ2n) is 14.7. The molecule has 0 radical (unpaired) electrons. The second kappa shape index (κ2) is 12.5. The van der Waals surface area contributed by atoms with E-state index in [1.165, 1.54) is 128 Å². The highest BCUT2D eigenvalue weighted by molar-refractivity contribution is 8.14. The molecule has 7 atom stereocenters. The molecule has 0 N–H and O–H groups in total. The maximum absolute atomic E-state index is 12.9. The number of carbonyl (C=O) groups is 1. The molecular formula is C35H58OS. The Bertz CT molecular complexity index is 795. The summed E-state index contributed by atoms with van der Waals surface area (Å²) < 4.78 is 0. The second-order valence-corrected chi connectivity index (χ2v) is 16.1. The highest BCUT2D eigenvalue weighted by Gasteiger charge is 2.58. The van der Waals surface area contributed by atoms with Gasteiger partial charge in [-0.1, -0.05) is 102 Å². The average molecular weight is 527 g/mol. The first-order valence-electron chi connectivity index (χ1n) is 16.8. The lowest BCUT2D eigenvalue weighted by Crippen LogP contribution is -2.50. The molecule has 0 saturated heterocycles. The molecule has 0 heterocycles. The summed E-state index contributed by atoms with van der Waals surface area (Å²) in [6.45, 7) is 7.69. The molecule has 0 unspecified atom stereocenters. The van der Waals surface area contributed by atoms with E-state index in [2.05, 4.69) is 26.8 Å². The van der Waals surface area contributed by atoms with E-state index in [1.54, 1.807) is 17.3 Å². The van der Waals surface area contributed by atoms with Crippen LogP contribution in [0.2, 0.25) is 0 Å². The third-order valence-electron chi connectivity index (χ3n) is 12.6. The molecule has 0 aromatic carbocycles. The Morgan fingerprint density at radius 2 is 1.68 bits per heavy atom. The predicted molar refractivity (Wildman–Crippen MR) is 161 cm³/mol. The molecule has 0 amide bonds. The number of thioether (sulfide) groups is 1. The summed E-state index contributed by atoms with van der Waals surface area (Å²) in [5.41, 5.74) is 2.80. The summed E-state index contributed by atoms with van der Waals surface area (Å²) in [4.78, 5) is 12.9. The van der Waals surface area contributed by atoms with Crippen LogP contribution in [-0.4, -0.2) is 10.4 Å². The van der Waals surface area contributed by atoms with Crippen LogP contribution in [0.25, 0.3) is 0 Å². The number of fused-ring (bicyclic) bond motifs is 5. The third-order valence-corrected chi connectivity index (χ3v) is 13.8. The molecule has 0 aliphatic heterocycles. The first-order valence-corrected chi connectivity index (χ1v) is 17.7. The summed E-state index contributed by atoms with van der Waals surface area (Å²) in [7, 11) is 0. The minimum atomic E-state index is 0.422. The number of hydrogen-bond donors (Lipinski definition) is 0. The highest BCUT2D eigenvalue weighted by atomic mass is 32.2. The highest BCUT2D eigenvalue weighted by Crippen LogP contribution is 2.67. The number of unbranched alkanes of at least 4 members (excludes halogenated alkanes) is 5. The zero-order chi connectivity index (χ0) is 25.9. The fourth-order valence-electron chi connectivity index (χ4n) is 10.3. The van der Waals surface area contributed by atoms with Crippen LogP contribution >= 0.6 is 11.8 Å². The van der Waals surface area contributed by atoms with E-state index in [0.29, 0.717) is 27.1 Å². The molecule has 5 aliphatic rings. The maximum atomic E-state index is 12.9. The summed E-state index contributed by atoms with van der Waals surface area (Å²) in [5, 5.41) is 1.06. The van der Waals surface area contributed by atoms with Crippen molar-refractivity contribution >= 4 is 16.9 Å². The summed E-state index contributed by atoms with van der Waals surface area (Å²) in [6.07, 6.45) is 31.5. The Kier molecular flexibility index (Phi) is 9.57. The summed E-state index contributed by atoms with van der Waals surface area (Å²) in [5.74, 6) is 4.48. The third kappa shape index (κ3) is 6.10. The molecule has 0 spiro atoms. The number of allylic oxidation sites excluding steroid dienone is 2. The monoisotopic (exact) mass is 526 g/mol. The number of carbonyl (C=O) groups excluding carboxylic acids is 1. The molecular weight excluding hydrogens is 468 g/mol. The van der Waals surface area contributed by atoms with Crippen molar-refractivity contribution < 1.29 is 4.79 Å². The van der Waals surface area contributed by atoms with Crippen molar-refractivity contribution in [2.75, 3.05) is 0 Å². The minimum Gasteiger partial charge on any atom is -0.287 e. The molecule has 4 fully saturated rings. The van der Waals surface area contributed by atoms with Crippen molar-refractivity contribution in [1.29, 1.82) is 0 Å². The molecule has 1 nitrogen and oxygen atoms in total. The molecule has 210 valence electrons. The van der Waals surface area contributed by atoms with Crippen molar-refractivity contribution in [3.8, 4) is 0 Å². The van der Waals surface area contributed by atoms with Crippen LogP contribution in [0.15, 0.2) is 11.6 Å². The number of rotatable bonds is 10. The van der Waals surface area contributed by atoms with Crippen molar-refractivity contribution in [3.63, 3.8) is 0 Å². The van der Waals surface area contributed by atoms with Crippen LogP contribution < -0.4 is 0 Å². The van der Waals surface area contributed by atoms with Crippen molar-refractivity contribution in [2.24, 2.45) is 40.4 Å². The fraction of sp³-hybridized carbons (Fsp3) is 0.914. The van der Waals surface area contributed by atoms with Crippen molar-refractivity contribution in [2.45, 2.75) is 161 Å². The van der Waals surface area contributed by atoms with E-state index in [0.717, 1.165) is 30.1 Å². The van der Waals surface area contributed by atoms with E-state index in [4.69, 9.17) is 0 Å². The van der Waals surface area contributed by atoms with Gasteiger partial charge in [0.15, 0.2) is 5.12 Å². The largest absolute Gasteiger partial charge is 0.287 e. The topological polar surface area (TPSA) is 17.1 Å². The van der Waals surface area contributed by atoms with Gasteiger partial charge in [-0.15, -0.1) is 0 Å². The lowest BCUT2D eigenvalue weighted by molar-refractivity contribution is -0.112. The normalized spacial score (nSPS) is 40.0. The Labute approximate surface area is 234 Å². The van der Waals surface area contributed by atoms with Crippen LogP contribution in [0.1, 0.15) is 156 Å². The average Bonchev–Trinajstić information content (AvgIpc) is 3.23. The lowest BCUT2D eigenvalue weighted by Gasteiger charge is -2.58. The van der Waals surface area contributed by atoms with Crippen LogP contribution in [-0.2, 0) is 4.79 Å².